The summed E-state index contributed by atoms with van der Waals surface area (Å²) in [4.78, 5) is 26.1. The maximum Gasteiger partial charge on any atom is 2.00 e. The molecule has 2 aliphatic heterocycles. The van der Waals surface area contributed by atoms with Gasteiger partial charge in [-0.05, 0) is 106 Å². The fraction of sp³-hybridized carbons (Fsp3) is 0. The Balaban J connectivity index is 0.00000410. The van der Waals surface area contributed by atoms with Gasteiger partial charge in [0.15, 0.2) is 0 Å². The van der Waals surface area contributed by atoms with Crippen molar-refractivity contribution in [1.29, 1.82) is 0 Å². The summed E-state index contributed by atoms with van der Waals surface area (Å²) < 4.78 is 0. The van der Waals surface area contributed by atoms with E-state index in [0.717, 1.165) is 55.5 Å². The molecule has 8 bridgehead atoms. The minimum atomic E-state index is 0. The summed E-state index contributed by atoms with van der Waals surface area (Å²) in [6.45, 7) is 0. The second-order valence-corrected chi connectivity index (χ2v) is 13.4. The Morgan fingerprint density at radius 1 is 0.357 bits per heavy atom. The number of para-hydroxylation sites is 1. The molecule has 4 aromatic heterocycles. The zero-order valence-corrected chi connectivity index (χ0v) is 30.3. The number of pyridine rings is 1. The van der Waals surface area contributed by atoms with E-state index in [4.69, 9.17) is 24.9 Å². The van der Waals surface area contributed by atoms with E-state index in [1.165, 1.54) is 0 Å². The van der Waals surface area contributed by atoms with E-state index in [0.29, 0.717) is 44.8 Å². The number of benzene rings is 4. The summed E-state index contributed by atoms with van der Waals surface area (Å²) in [5.41, 5.74) is 12.7. The van der Waals surface area contributed by atoms with Crippen molar-refractivity contribution < 1.29 is 32.4 Å². The molecule has 271 valence electrons. The van der Waals surface area contributed by atoms with Gasteiger partial charge >= 0.3 is 17.1 Å². The summed E-state index contributed by atoms with van der Waals surface area (Å²) in [7, 11) is 0. The SMILES string of the molecule is Oc1ccc(-c2c3nc(c(-c4ccc(O)cc4)c4ccc([n-]4)c(-c4ccc5ccccc5n4)c4nc(c(-c5ccc(O)cc5)c5ccc2[n-]5)C=C4)C=C3)cc1.[Cu+2]. The van der Waals surface area contributed by atoms with Crippen LogP contribution in [0.25, 0.3) is 102 Å². The Morgan fingerprint density at radius 3 is 1.16 bits per heavy atom. The zero-order chi connectivity index (χ0) is 37.0. The van der Waals surface area contributed by atoms with Gasteiger partial charge in [0.05, 0.1) is 34.0 Å². The second kappa shape index (κ2) is 13.9. The van der Waals surface area contributed by atoms with Gasteiger partial charge in [0.25, 0.3) is 0 Å². The van der Waals surface area contributed by atoms with Crippen LogP contribution in [0.1, 0.15) is 22.8 Å². The fourth-order valence-electron chi connectivity index (χ4n) is 7.33. The van der Waals surface area contributed by atoms with Gasteiger partial charge in [-0.25, -0.2) is 15.0 Å². The first kappa shape index (κ1) is 34.6. The first-order valence-corrected chi connectivity index (χ1v) is 17.8. The largest absolute Gasteiger partial charge is 2.00 e. The van der Waals surface area contributed by atoms with E-state index in [9.17, 15) is 15.3 Å². The van der Waals surface area contributed by atoms with Crippen molar-refractivity contribution in [2.75, 3.05) is 0 Å². The molecule has 4 aromatic carbocycles. The smallest absolute Gasteiger partial charge is 0.657 e. The molecule has 0 saturated carbocycles. The molecule has 8 aromatic rings. The fourth-order valence-corrected chi connectivity index (χ4v) is 7.33. The van der Waals surface area contributed by atoms with Crippen LogP contribution in [0.3, 0.4) is 0 Å². The van der Waals surface area contributed by atoms with Crippen molar-refractivity contribution in [2.45, 2.75) is 0 Å². The third kappa shape index (κ3) is 6.11. The summed E-state index contributed by atoms with van der Waals surface area (Å²) >= 11 is 0. The Bertz CT molecular complexity index is 3010. The van der Waals surface area contributed by atoms with Crippen molar-refractivity contribution in [3.05, 3.63) is 156 Å². The maximum absolute atomic E-state index is 10.2. The standard InChI is InChI=1S/C47H29N5O3.Cu/c53-31-12-5-28(6-13-31)44-35-19-21-37(49-35)45(29-7-14-32(54)15-8-29)39-23-25-42(51-39)47(41-18-11-27-3-1-2-4-34(27)48-41)43-26-24-40(52-43)46(38-22-20-36(44)50-38)30-9-16-33(55)17-10-30;/h1-26H,(H3-2,48,49,50,51,52,53,54,55);/q-2;+2. The van der Waals surface area contributed by atoms with Gasteiger partial charge in [-0.3, -0.25) is 0 Å². The van der Waals surface area contributed by atoms with Gasteiger partial charge in [-0.2, -0.15) is 0 Å². The molecule has 1 radical (unpaired) electrons. The quantitative estimate of drug-likeness (QED) is 0.151. The summed E-state index contributed by atoms with van der Waals surface area (Å²) in [5, 5.41) is 31.7. The molecule has 0 spiro atoms. The third-order valence-corrected chi connectivity index (χ3v) is 9.93. The molecular weight excluding hydrogens is 746 g/mol. The molecule has 6 heterocycles. The average molecular weight is 775 g/mol. The van der Waals surface area contributed by atoms with Crippen LogP contribution >= 0.6 is 0 Å². The summed E-state index contributed by atoms with van der Waals surface area (Å²) in [6, 6.07) is 41.1. The molecule has 10 rings (SSSR count). The van der Waals surface area contributed by atoms with Gasteiger partial charge in [0, 0.05) is 10.9 Å². The van der Waals surface area contributed by atoms with Crippen molar-refractivity contribution in [3.8, 4) is 61.9 Å². The molecule has 0 unspecified atom stereocenters. The number of rotatable bonds is 4. The average Bonchev–Trinajstić information content (AvgIpc) is 4.05. The molecule has 2 aliphatic rings. The van der Waals surface area contributed by atoms with Crippen LogP contribution in [0.4, 0.5) is 0 Å². The molecule has 0 amide bonds. The monoisotopic (exact) mass is 774 g/mol. The number of phenols is 3. The van der Waals surface area contributed by atoms with E-state index in [1.54, 1.807) is 36.4 Å². The minimum Gasteiger partial charge on any atom is -0.657 e. The van der Waals surface area contributed by atoms with Crippen LogP contribution in [0.15, 0.2) is 133 Å². The van der Waals surface area contributed by atoms with Crippen LogP contribution < -0.4 is 9.97 Å². The van der Waals surface area contributed by atoms with Crippen LogP contribution in [-0.2, 0) is 17.1 Å². The van der Waals surface area contributed by atoms with E-state index in [1.807, 2.05) is 115 Å². The number of phenolic OH excluding ortho intramolecular Hbond substituents is 3. The molecule has 3 N–H and O–H groups in total. The Morgan fingerprint density at radius 2 is 0.732 bits per heavy atom. The second-order valence-electron chi connectivity index (χ2n) is 13.4. The molecule has 0 fully saturated rings. The van der Waals surface area contributed by atoms with Crippen molar-refractivity contribution in [3.63, 3.8) is 0 Å². The Hall–Kier alpha value is -7.19. The van der Waals surface area contributed by atoms with Crippen molar-refractivity contribution >= 4 is 57.3 Å². The number of aromatic hydroxyl groups is 3. The number of hydrogen-bond donors (Lipinski definition) is 3. The van der Waals surface area contributed by atoms with Crippen molar-refractivity contribution in [1.82, 2.24) is 24.9 Å². The molecule has 9 heteroatoms. The molecule has 8 nitrogen and oxygen atoms in total. The van der Waals surface area contributed by atoms with E-state index in [-0.39, 0.29) is 34.3 Å². The first-order valence-electron chi connectivity index (χ1n) is 17.8. The van der Waals surface area contributed by atoms with Crippen LogP contribution in [-0.4, -0.2) is 30.3 Å². The molecule has 0 saturated heterocycles. The van der Waals surface area contributed by atoms with Gasteiger partial charge in [-0.15, -0.1) is 22.1 Å². The number of aromatic nitrogens is 5. The van der Waals surface area contributed by atoms with E-state index in [2.05, 4.69) is 6.07 Å². The predicted molar refractivity (Wildman–Crippen MR) is 219 cm³/mol. The van der Waals surface area contributed by atoms with Crippen LogP contribution in [0.2, 0.25) is 0 Å². The predicted octanol–water partition coefficient (Wildman–Crippen LogP) is 10.2. The first-order chi connectivity index (χ1) is 26.9. The van der Waals surface area contributed by atoms with Gasteiger partial charge in [-0.1, -0.05) is 84.9 Å². The van der Waals surface area contributed by atoms with E-state index >= 15 is 0 Å². The Labute approximate surface area is 331 Å². The van der Waals surface area contributed by atoms with E-state index < -0.39 is 0 Å². The van der Waals surface area contributed by atoms with Gasteiger partial charge < -0.3 is 25.3 Å². The number of hydrogen-bond acceptors (Lipinski definition) is 6. The topological polar surface area (TPSA) is 128 Å². The van der Waals surface area contributed by atoms with Crippen molar-refractivity contribution in [2.24, 2.45) is 0 Å². The zero-order valence-electron chi connectivity index (χ0n) is 29.4. The summed E-state index contributed by atoms with van der Waals surface area (Å²) in [6.07, 6.45) is 7.92. The number of nitrogens with zero attached hydrogens (tertiary/aromatic N) is 5. The van der Waals surface area contributed by atoms with Crippen LogP contribution in [0.5, 0.6) is 17.2 Å². The molecular formula is C47H29CuN5O3. The van der Waals surface area contributed by atoms with Crippen LogP contribution in [0, 0.1) is 0 Å². The summed E-state index contributed by atoms with van der Waals surface area (Å²) in [5.74, 6) is 0.470. The maximum atomic E-state index is 10.2. The molecule has 0 aliphatic carbocycles. The molecule has 0 atom stereocenters. The minimum absolute atomic E-state index is 0. The normalized spacial score (nSPS) is 11.9. The third-order valence-electron chi connectivity index (χ3n) is 9.93. The molecule has 56 heavy (non-hydrogen) atoms. The number of fused-ring (bicyclic) bond motifs is 9. The van der Waals surface area contributed by atoms with Gasteiger partial charge in [0.2, 0.25) is 0 Å². The van der Waals surface area contributed by atoms with Gasteiger partial charge in [0.1, 0.15) is 17.2 Å². The Kier molecular flexibility index (Phi) is 8.58.